The Bertz CT molecular complexity index is 466. The maximum absolute atomic E-state index is 12.4. The minimum Gasteiger partial charge on any atom is -0.352 e. The van der Waals surface area contributed by atoms with Gasteiger partial charge in [-0.3, -0.25) is 4.79 Å². The first-order valence-corrected chi connectivity index (χ1v) is 7.21. The number of carbonyl (C=O) groups is 1. The summed E-state index contributed by atoms with van der Waals surface area (Å²) in [5, 5.41) is 3.22. The van der Waals surface area contributed by atoms with Gasteiger partial charge >= 0.3 is 0 Å². The monoisotopic (exact) mass is 258 g/mol. The van der Waals surface area contributed by atoms with Crippen molar-refractivity contribution >= 4 is 5.91 Å². The topological polar surface area (TPSA) is 55.1 Å². The van der Waals surface area contributed by atoms with Gasteiger partial charge in [0.2, 0.25) is 5.91 Å². The Balaban J connectivity index is 1.63. The van der Waals surface area contributed by atoms with Gasteiger partial charge in [-0.25, -0.2) is 0 Å². The number of nitrogens with one attached hydrogen (secondary N) is 1. The van der Waals surface area contributed by atoms with Crippen molar-refractivity contribution in [3.05, 3.63) is 35.4 Å². The quantitative estimate of drug-likeness (QED) is 0.866. The predicted molar refractivity (Wildman–Crippen MR) is 75.7 cm³/mol. The van der Waals surface area contributed by atoms with Crippen molar-refractivity contribution in [2.75, 3.05) is 6.54 Å². The normalized spacial score (nSPS) is 29.7. The van der Waals surface area contributed by atoms with Gasteiger partial charge in [0.15, 0.2) is 0 Å². The minimum atomic E-state index is -0.284. The van der Waals surface area contributed by atoms with Crippen LogP contribution in [0.1, 0.15) is 30.9 Å². The van der Waals surface area contributed by atoms with E-state index in [1.165, 1.54) is 11.1 Å². The lowest BCUT2D eigenvalue weighted by Gasteiger charge is -2.44. The van der Waals surface area contributed by atoms with Gasteiger partial charge in [-0.05, 0) is 42.7 Å². The molecule has 3 rings (SSSR count). The summed E-state index contributed by atoms with van der Waals surface area (Å²) in [6.07, 6.45) is 3.79. The van der Waals surface area contributed by atoms with Crippen LogP contribution in [0.4, 0.5) is 0 Å². The zero-order valence-corrected chi connectivity index (χ0v) is 11.5. The molecule has 1 fully saturated rings. The average Bonchev–Trinajstić information content (AvgIpc) is 2.76. The van der Waals surface area contributed by atoms with Crippen LogP contribution in [0, 0.1) is 11.3 Å². The second-order valence-corrected chi connectivity index (χ2v) is 6.35. The number of carbonyl (C=O) groups excluding carboxylic acids is 1. The summed E-state index contributed by atoms with van der Waals surface area (Å²) in [5.41, 5.74) is 8.29. The first kappa shape index (κ1) is 12.7. The molecule has 0 aliphatic heterocycles. The van der Waals surface area contributed by atoms with E-state index in [0.29, 0.717) is 12.5 Å². The van der Waals surface area contributed by atoms with Crippen molar-refractivity contribution in [3.63, 3.8) is 0 Å². The zero-order chi connectivity index (χ0) is 13.5. The summed E-state index contributed by atoms with van der Waals surface area (Å²) in [5.74, 6) is 0.806. The minimum absolute atomic E-state index is 0.172. The van der Waals surface area contributed by atoms with Gasteiger partial charge in [0.1, 0.15) is 0 Å². The van der Waals surface area contributed by atoms with E-state index in [9.17, 15) is 4.79 Å². The molecule has 0 heterocycles. The Hall–Kier alpha value is -1.35. The van der Waals surface area contributed by atoms with Crippen molar-refractivity contribution in [1.82, 2.24) is 5.32 Å². The van der Waals surface area contributed by atoms with Crippen LogP contribution in [-0.2, 0) is 17.6 Å². The number of hydrogen-bond donors (Lipinski definition) is 2. The van der Waals surface area contributed by atoms with Crippen molar-refractivity contribution in [3.8, 4) is 0 Å². The number of hydrogen-bond acceptors (Lipinski definition) is 2. The van der Waals surface area contributed by atoms with Crippen LogP contribution < -0.4 is 11.1 Å². The molecule has 19 heavy (non-hydrogen) atoms. The van der Waals surface area contributed by atoms with Gasteiger partial charge in [0.25, 0.3) is 0 Å². The molecule has 3 N–H and O–H groups in total. The molecule has 0 unspecified atom stereocenters. The Morgan fingerprint density at radius 2 is 1.89 bits per heavy atom. The lowest BCUT2D eigenvalue weighted by Crippen LogP contribution is -2.55. The Kier molecular flexibility index (Phi) is 3.09. The van der Waals surface area contributed by atoms with E-state index in [1.807, 2.05) is 0 Å². The molecule has 102 valence electrons. The molecule has 3 nitrogen and oxygen atoms in total. The molecule has 1 aromatic rings. The van der Waals surface area contributed by atoms with Crippen LogP contribution in [0.25, 0.3) is 0 Å². The maximum atomic E-state index is 12.4. The van der Waals surface area contributed by atoms with Crippen LogP contribution >= 0.6 is 0 Å². The standard InChI is InChI=1S/C16H22N2O/c1-11-8-16(9-11,10-17)15(19)18-14-6-12-4-2-3-5-13(12)7-14/h2-5,11,14H,6-10,17H2,1H3,(H,18,19). The van der Waals surface area contributed by atoms with Crippen molar-refractivity contribution < 1.29 is 4.79 Å². The van der Waals surface area contributed by atoms with Gasteiger partial charge in [-0.2, -0.15) is 0 Å². The van der Waals surface area contributed by atoms with Crippen molar-refractivity contribution in [2.45, 2.75) is 38.6 Å². The van der Waals surface area contributed by atoms with Crippen LogP contribution in [0.5, 0.6) is 0 Å². The zero-order valence-electron chi connectivity index (χ0n) is 11.5. The van der Waals surface area contributed by atoms with E-state index in [4.69, 9.17) is 5.73 Å². The highest BCUT2D eigenvalue weighted by Gasteiger charge is 2.47. The van der Waals surface area contributed by atoms with Crippen LogP contribution in [0.2, 0.25) is 0 Å². The molecular formula is C16H22N2O. The molecule has 2 aliphatic carbocycles. The Morgan fingerprint density at radius 1 is 1.32 bits per heavy atom. The molecule has 0 saturated heterocycles. The number of amides is 1. The second kappa shape index (κ2) is 4.64. The molecule has 0 aromatic heterocycles. The van der Waals surface area contributed by atoms with Gasteiger partial charge in [0.05, 0.1) is 5.41 Å². The fraction of sp³-hybridized carbons (Fsp3) is 0.562. The number of nitrogens with two attached hydrogens (primary N) is 1. The molecule has 1 saturated carbocycles. The lowest BCUT2D eigenvalue weighted by molar-refractivity contribution is -0.138. The molecule has 2 aliphatic rings. The number of benzene rings is 1. The average molecular weight is 258 g/mol. The summed E-state index contributed by atoms with van der Waals surface area (Å²) in [6, 6.07) is 8.71. The highest BCUT2D eigenvalue weighted by atomic mass is 16.2. The summed E-state index contributed by atoms with van der Waals surface area (Å²) < 4.78 is 0. The Morgan fingerprint density at radius 3 is 2.37 bits per heavy atom. The third kappa shape index (κ3) is 2.16. The number of rotatable bonds is 3. The third-order valence-electron chi connectivity index (χ3n) is 4.74. The van der Waals surface area contributed by atoms with E-state index in [2.05, 4.69) is 36.5 Å². The lowest BCUT2D eigenvalue weighted by atomic mass is 9.62. The second-order valence-electron chi connectivity index (χ2n) is 6.35. The third-order valence-corrected chi connectivity index (χ3v) is 4.74. The number of fused-ring (bicyclic) bond motifs is 1. The first-order chi connectivity index (χ1) is 9.13. The first-order valence-electron chi connectivity index (χ1n) is 7.21. The predicted octanol–water partition coefficient (Wildman–Crippen LogP) is 1.65. The molecule has 0 spiro atoms. The van der Waals surface area contributed by atoms with E-state index < -0.39 is 0 Å². The van der Waals surface area contributed by atoms with Crippen molar-refractivity contribution in [2.24, 2.45) is 17.1 Å². The summed E-state index contributed by atoms with van der Waals surface area (Å²) in [6.45, 7) is 2.66. The van der Waals surface area contributed by atoms with E-state index in [-0.39, 0.29) is 17.4 Å². The summed E-state index contributed by atoms with van der Waals surface area (Å²) >= 11 is 0. The highest BCUT2D eigenvalue weighted by molar-refractivity contribution is 5.84. The molecule has 1 aromatic carbocycles. The molecule has 0 radical (unpaired) electrons. The molecular weight excluding hydrogens is 236 g/mol. The van der Waals surface area contributed by atoms with E-state index >= 15 is 0 Å². The van der Waals surface area contributed by atoms with Gasteiger partial charge < -0.3 is 11.1 Å². The van der Waals surface area contributed by atoms with Crippen molar-refractivity contribution in [1.29, 1.82) is 0 Å². The maximum Gasteiger partial charge on any atom is 0.227 e. The summed E-state index contributed by atoms with van der Waals surface area (Å²) in [7, 11) is 0. The molecule has 1 amide bonds. The van der Waals surface area contributed by atoms with Gasteiger partial charge in [-0.15, -0.1) is 0 Å². The van der Waals surface area contributed by atoms with Gasteiger partial charge in [-0.1, -0.05) is 31.2 Å². The smallest absolute Gasteiger partial charge is 0.227 e. The molecule has 0 atom stereocenters. The van der Waals surface area contributed by atoms with Crippen LogP contribution in [0.3, 0.4) is 0 Å². The van der Waals surface area contributed by atoms with E-state index in [1.54, 1.807) is 0 Å². The van der Waals surface area contributed by atoms with Crippen LogP contribution in [-0.4, -0.2) is 18.5 Å². The van der Waals surface area contributed by atoms with Crippen LogP contribution in [0.15, 0.2) is 24.3 Å². The fourth-order valence-electron chi connectivity index (χ4n) is 3.72. The Labute approximate surface area is 114 Å². The van der Waals surface area contributed by atoms with Gasteiger partial charge in [0, 0.05) is 12.6 Å². The molecule has 3 heteroatoms. The highest BCUT2D eigenvalue weighted by Crippen LogP contribution is 2.45. The summed E-state index contributed by atoms with van der Waals surface area (Å²) in [4.78, 5) is 12.4. The molecule has 0 bridgehead atoms. The largest absolute Gasteiger partial charge is 0.352 e. The fourth-order valence-corrected chi connectivity index (χ4v) is 3.72. The van der Waals surface area contributed by atoms with E-state index in [0.717, 1.165) is 25.7 Å². The SMILES string of the molecule is CC1CC(CN)(C(=O)NC2Cc3ccccc3C2)C1.